The molecule has 0 spiro atoms. The molecular weight excluding hydrogens is 734 g/mol. The van der Waals surface area contributed by atoms with Crippen molar-refractivity contribution in [2.45, 2.75) is 94.9 Å². The second kappa shape index (κ2) is 16.7. The first-order valence-electron chi connectivity index (χ1n) is 15.3. The molecule has 20 heteroatoms. The predicted octanol–water partition coefficient (Wildman–Crippen LogP) is 10.3. The van der Waals surface area contributed by atoms with Gasteiger partial charge >= 0.3 is 36.9 Å². The average molecular weight is 767 g/mol. The van der Waals surface area contributed by atoms with Crippen LogP contribution in [-0.2, 0) is 25.4 Å². The first-order valence-corrected chi connectivity index (χ1v) is 15.3. The molecule has 0 bridgehead atoms. The Morgan fingerprint density at radius 1 is 0.588 bits per heavy atom. The predicted molar refractivity (Wildman–Crippen MR) is 149 cm³/mol. The largest absolute Gasteiger partial charge is 0.527 e. The molecule has 0 unspecified atom stereocenters. The third kappa shape index (κ3) is 12.2. The van der Waals surface area contributed by atoms with Gasteiger partial charge in [0.2, 0.25) is 0 Å². The molecule has 0 aromatic heterocycles. The molecule has 0 radical (unpaired) electrons. The second-order valence-electron chi connectivity index (χ2n) is 11.3. The van der Waals surface area contributed by atoms with E-state index in [0.29, 0.717) is 18.8 Å². The minimum absolute atomic E-state index is 0.155. The van der Waals surface area contributed by atoms with E-state index >= 15 is 0 Å². The van der Waals surface area contributed by atoms with Gasteiger partial charge in [-0.05, 0) is 59.4 Å². The topological polar surface area (TPSA) is 55.4 Å². The Kier molecular flexibility index (Phi) is 13.9. The molecule has 0 N–H and O–H groups in total. The molecular formula is C31H32F14O6. The van der Waals surface area contributed by atoms with E-state index in [1.165, 1.54) is 18.9 Å². The van der Waals surface area contributed by atoms with E-state index < -0.39 is 62.9 Å². The highest BCUT2D eigenvalue weighted by Gasteiger charge is 2.74. The van der Waals surface area contributed by atoms with Gasteiger partial charge in [-0.2, -0.15) is 43.9 Å². The first-order chi connectivity index (χ1) is 23.5. The van der Waals surface area contributed by atoms with Crippen molar-refractivity contribution < 1.29 is 89.9 Å². The van der Waals surface area contributed by atoms with Crippen LogP contribution in [0, 0.1) is 0 Å². The van der Waals surface area contributed by atoms with E-state index in [1.807, 2.05) is 18.2 Å². The summed E-state index contributed by atoms with van der Waals surface area (Å²) >= 11 is 0. The lowest BCUT2D eigenvalue weighted by Crippen LogP contribution is -2.57. The summed E-state index contributed by atoms with van der Waals surface area (Å²) in [5.41, 5.74) is 3.61. The van der Waals surface area contributed by atoms with Crippen LogP contribution in [0.2, 0.25) is 0 Å². The monoisotopic (exact) mass is 766 g/mol. The molecule has 51 heavy (non-hydrogen) atoms. The summed E-state index contributed by atoms with van der Waals surface area (Å²) in [6, 6.07) is 10.4. The number of alkyl halides is 14. The van der Waals surface area contributed by atoms with E-state index in [1.54, 1.807) is 21.6 Å². The molecule has 290 valence electrons. The van der Waals surface area contributed by atoms with Gasteiger partial charge in [-0.1, -0.05) is 51.2 Å². The van der Waals surface area contributed by atoms with E-state index in [2.05, 4.69) is 16.4 Å². The van der Waals surface area contributed by atoms with Crippen LogP contribution in [0.25, 0.3) is 11.1 Å². The van der Waals surface area contributed by atoms with Crippen molar-refractivity contribution in [2.24, 2.45) is 0 Å². The summed E-state index contributed by atoms with van der Waals surface area (Å²) in [6.45, 7) is -1.85. The Morgan fingerprint density at radius 3 is 1.63 bits per heavy atom. The molecule has 1 atom stereocenters. The molecule has 0 saturated carbocycles. The number of unbranched alkanes of at least 4 members (excludes halogenated alkanes) is 5. The van der Waals surface area contributed by atoms with Gasteiger partial charge in [0.25, 0.3) is 0 Å². The van der Waals surface area contributed by atoms with Crippen LogP contribution in [0.15, 0.2) is 36.4 Å². The van der Waals surface area contributed by atoms with Crippen LogP contribution >= 0.6 is 0 Å². The number of hydrogen-bond acceptors (Lipinski definition) is 6. The number of hydrogen-bond donors (Lipinski definition) is 0. The zero-order valence-corrected chi connectivity index (χ0v) is 26.6. The molecule has 0 amide bonds. The fourth-order valence-electron chi connectivity index (χ4n) is 4.72. The van der Waals surface area contributed by atoms with Crippen LogP contribution in [0.4, 0.5) is 61.5 Å². The normalized spacial score (nSPS) is 14.7. The van der Waals surface area contributed by atoms with Gasteiger partial charge in [0.15, 0.2) is 6.17 Å². The lowest BCUT2D eigenvalue weighted by Gasteiger charge is -2.33. The standard InChI is InChI=1S/C31H32F14O6/c1-2-3-4-5-6-7-12-47-22-8-10-24-19(14-22)13-20-15-23(9-11-25(20)24)48-17-21(32)16-46-18-26(33,34)49-27(35,36)28(37,38)50-29(39,40)30(41,42)51-31(43,44)45/h8-11,14-15,21H,2-7,12-13,16-18H2,1H3/t21-/m0/s1. The second-order valence-corrected chi connectivity index (χ2v) is 11.3. The van der Waals surface area contributed by atoms with Crippen molar-refractivity contribution in [1.82, 2.24) is 0 Å². The molecule has 0 fully saturated rings. The molecule has 6 nitrogen and oxygen atoms in total. The van der Waals surface area contributed by atoms with Crippen molar-refractivity contribution in [3.05, 3.63) is 47.5 Å². The molecule has 0 aliphatic heterocycles. The summed E-state index contributed by atoms with van der Waals surface area (Å²) in [6.07, 6.45) is -35.3. The average Bonchev–Trinajstić information content (AvgIpc) is 3.34. The molecule has 1 aliphatic carbocycles. The molecule has 2 aromatic carbocycles. The summed E-state index contributed by atoms with van der Waals surface area (Å²) in [4.78, 5) is 0. The van der Waals surface area contributed by atoms with E-state index in [0.717, 1.165) is 47.9 Å². The van der Waals surface area contributed by atoms with Crippen LogP contribution in [0.1, 0.15) is 56.6 Å². The van der Waals surface area contributed by atoms with E-state index in [9.17, 15) is 61.5 Å². The number of fused-ring (bicyclic) bond motifs is 3. The summed E-state index contributed by atoms with van der Waals surface area (Å²) in [5.74, 6) is 0.858. The maximum absolute atomic E-state index is 14.3. The fourth-order valence-corrected chi connectivity index (χ4v) is 4.72. The Hall–Kier alpha value is -3.10. The Bertz CT molecular complexity index is 1420. The fraction of sp³-hybridized carbons (Fsp3) is 0.613. The number of halogens is 14. The lowest BCUT2D eigenvalue weighted by molar-refractivity contribution is -0.564. The highest BCUT2D eigenvalue weighted by molar-refractivity contribution is 5.78. The van der Waals surface area contributed by atoms with E-state index in [4.69, 9.17) is 9.47 Å². The van der Waals surface area contributed by atoms with Gasteiger partial charge in [-0.25, -0.2) is 18.6 Å². The van der Waals surface area contributed by atoms with Crippen LogP contribution in [0.5, 0.6) is 11.5 Å². The third-order valence-electron chi connectivity index (χ3n) is 7.05. The SMILES string of the molecule is CCCCCCCCOc1ccc2c(c1)Cc1cc(OC[C@@H](F)COCC(F)(F)OC(F)(F)C(F)(F)OC(F)(F)C(F)(F)OC(F)(F)F)ccc1-2. The minimum atomic E-state index is -7.15. The van der Waals surface area contributed by atoms with Crippen molar-refractivity contribution in [3.8, 4) is 22.6 Å². The van der Waals surface area contributed by atoms with Crippen LogP contribution in [-0.4, -0.2) is 69.5 Å². The third-order valence-corrected chi connectivity index (χ3v) is 7.05. The Labute approximate surface area is 281 Å². The summed E-state index contributed by atoms with van der Waals surface area (Å²) in [7, 11) is 0. The molecule has 2 aromatic rings. The Balaban J connectivity index is 1.45. The highest BCUT2D eigenvalue weighted by atomic mass is 19.4. The van der Waals surface area contributed by atoms with Crippen molar-refractivity contribution >= 4 is 0 Å². The highest BCUT2D eigenvalue weighted by Crippen LogP contribution is 2.48. The lowest BCUT2D eigenvalue weighted by atomic mass is 10.1. The quantitative estimate of drug-likeness (QED) is 0.0750. The van der Waals surface area contributed by atoms with Crippen molar-refractivity contribution in [2.75, 3.05) is 26.4 Å². The molecule has 1 aliphatic rings. The van der Waals surface area contributed by atoms with Gasteiger partial charge in [0.1, 0.15) is 24.7 Å². The molecule has 0 heterocycles. The zero-order valence-electron chi connectivity index (χ0n) is 26.6. The van der Waals surface area contributed by atoms with Gasteiger partial charge < -0.3 is 14.2 Å². The maximum atomic E-state index is 14.3. The van der Waals surface area contributed by atoms with Crippen molar-refractivity contribution in [1.29, 1.82) is 0 Å². The van der Waals surface area contributed by atoms with Gasteiger partial charge in [0.05, 0.1) is 13.2 Å². The number of ether oxygens (including phenoxy) is 6. The van der Waals surface area contributed by atoms with E-state index in [-0.39, 0.29) is 5.75 Å². The first kappa shape index (κ1) is 42.3. The number of benzene rings is 2. The van der Waals surface area contributed by atoms with Gasteiger partial charge in [-0.3, -0.25) is 0 Å². The molecule has 3 rings (SSSR count). The van der Waals surface area contributed by atoms with Crippen molar-refractivity contribution in [3.63, 3.8) is 0 Å². The molecule has 0 saturated heterocycles. The minimum Gasteiger partial charge on any atom is -0.494 e. The summed E-state index contributed by atoms with van der Waals surface area (Å²) in [5, 5.41) is 0. The van der Waals surface area contributed by atoms with Crippen LogP contribution in [0.3, 0.4) is 0 Å². The maximum Gasteiger partial charge on any atom is 0.527 e. The summed E-state index contributed by atoms with van der Waals surface area (Å²) < 4.78 is 205. The smallest absolute Gasteiger partial charge is 0.494 e. The van der Waals surface area contributed by atoms with Gasteiger partial charge in [-0.15, -0.1) is 13.2 Å². The zero-order chi connectivity index (χ0) is 38.3. The van der Waals surface area contributed by atoms with Crippen LogP contribution < -0.4 is 9.47 Å². The van der Waals surface area contributed by atoms with Gasteiger partial charge in [0, 0.05) is 0 Å². The number of rotatable bonds is 22. The Morgan fingerprint density at radius 2 is 1.08 bits per heavy atom.